The lowest BCUT2D eigenvalue weighted by Gasteiger charge is -2.23. The number of hydrogen-bond acceptors (Lipinski definition) is 3. The summed E-state index contributed by atoms with van der Waals surface area (Å²) in [6, 6.07) is 0. The fourth-order valence-corrected chi connectivity index (χ4v) is 4.08. The van der Waals surface area contributed by atoms with Gasteiger partial charge in [-0.1, -0.05) is 102 Å². The highest BCUT2D eigenvalue weighted by molar-refractivity contribution is 7.81. The Hall–Kier alpha value is -0.770. The second-order valence-electron chi connectivity index (χ2n) is 9.77. The van der Waals surface area contributed by atoms with Crippen LogP contribution in [0.3, 0.4) is 0 Å². The van der Waals surface area contributed by atoms with Crippen LogP contribution in [0.15, 0.2) is 48.6 Å². The third-order valence-electron chi connectivity index (χ3n) is 5.87. The van der Waals surface area contributed by atoms with E-state index in [0.717, 1.165) is 19.3 Å². The van der Waals surface area contributed by atoms with E-state index in [9.17, 15) is 5.11 Å². The molecule has 0 bridgehead atoms. The van der Waals surface area contributed by atoms with Crippen molar-refractivity contribution in [3.63, 3.8) is 0 Å². The summed E-state index contributed by atoms with van der Waals surface area (Å²) in [4.78, 5) is -0.925. The SMILES string of the molecule is CC/C=C\C[C@](O)(S)CC/C=C/C=C/[C@@H](C/C=C\CCCCCCC(C)(C)CCC)OC. The van der Waals surface area contributed by atoms with Crippen molar-refractivity contribution < 1.29 is 9.84 Å². The zero-order valence-electron chi connectivity index (χ0n) is 21.7. The number of aliphatic hydroxyl groups is 1. The molecule has 0 heterocycles. The average Bonchev–Trinajstić information content (AvgIpc) is 2.73. The van der Waals surface area contributed by atoms with Gasteiger partial charge < -0.3 is 9.84 Å². The molecule has 1 N–H and O–H groups in total. The summed E-state index contributed by atoms with van der Waals surface area (Å²) in [5, 5.41) is 10.2. The van der Waals surface area contributed by atoms with Crippen molar-refractivity contribution >= 4 is 12.6 Å². The number of thiol groups is 1. The highest BCUT2D eigenvalue weighted by atomic mass is 32.1. The van der Waals surface area contributed by atoms with Crippen LogP contribution in [-0.2, 0) is 4.74 Å². The van der Waals surface area contributed by atoms with E-state index < -0.39 is 4.93 Å². The first-order chi connectivity index (χ1) is 15.3. The molecule has 0 aliphatic rings. The molecule has 2 atom stereocenters. The molecule has 0 aliphatic heterocycles. The monoisotopic (exact) mass is 464 g/mol. The van der Waals surface area contributed by atoms with Gasteiger partial charge in [-0.2, -0.15) is 0 Å². The Morgan fingerprint density at radius 1 is 0.844 bits per heavy atom. The lowest BCUT2D eigenvalue weighted by molar-refractivity contribution is 0.134. The van der Waals surface area contributed by atoms with Gasteiger partial charge in [-0.3, -0.25) is 0 Å². The zero-order chi connectivity index (χ0) is 24.1. The molecule has 32 heavy (non-hydrogen) atoms. The molecule has 0 radical (unpaired) electrons. The molecule has 0 rings (SSSR count). The van der Waals surface area contributed by atoms with Crippen LogP contribution in [0.4, 0.5) is 0 Å². The molecule has 0 amide bonds. The largest absolute Gasteiger partial charge is 0.379 e. The van der Waals surface area contributed by atoms with Crippen molar-refractivity contribution in [3.05, 3.63) is 48.6 Å². The van der Waals surface area contributed by atoms with Crippen LogP contribution >= 0.6 is 12.6 Å². The van der Waals surface area contributed by atoms with Gasteiger partial charge in [-0.05, 0) is 56.8 Å². The molecule has 0 unspecified atom stereocenters. The fourth-order valence-electron chi connectivity index (χ4n) is 3.84. The van der Waals surface area contributed by atoms with Crippen LogP contribution in [0, 0.1) is 5.41 Å². The van der Waals surface area contributed by atoms with Gasteiger partial charge in [0.1, 0.15) is 4.93 Å². The molecule has 0 aromatic carbocycles. The van der Waals surface area contributed by atoms with Crippen molar-refractivity contribution in [2.24, 2.45) is 5.41 Å². The third kappa shape index (κ3) is 19.9. The van der Waals surface area contributed by atoms with Crippen molar-refractivity contribution in [1.29, 1.82) is 0 Å². The van der Waals surface area contributed by atoms with Crippen molar-refractivity contribution in [2.75, 3.05) is 7.11 Å². The Labute approximate surface area is 205 Å². The number of allylic oxidation sites excluding steroid dienone is 5. The Morgan fingerprint density at radius 2 is 1.59 bits per heavy atom. The van der Waals surface area contributed by atoms with Crippen LogP contribution in [-0.4, -0.2) is 23.3 Å². The molecule has 2 nitrogen and oxygen atoms in total. The molecule has 0 aromatic rings. The van der Waals surface area contributed by atoms with Gasteiger partial charge in [0, 0.05) is 13.5 Å². The Kier molecular flexibility index (Phi) is 19.2. The standard InChI is InChI=1S/C29H52O2S/c1-6-8-18-25-29(30,32)26-20-15-13-17-22-27(31-5)21-16-12-10-9-11-14-19-24-28(3,4)23-7-2/h8,12-13,15-18,22,27,30,32H,6-7,9-11,14,19-21,23-26H2,1-5H3/b15-13+,16-12-,18-8-,22-17+/t27-,29+/m1/s1. The predicted octanol–water partition coefficient (Wildman–Crippen LogP) is 8.98. The first-order valence-corrected chi connectivity index (χ1v) is 13.3. The van der Waals surface area contributed by atoms with Crippen LogP contribution in [0.5, 0.6) is 0 Å². The zero-order valence-corrected chi connectivity index (χ0v) is 22.6. The summed E-state index contributed by atoms with van der Waals surface area (Å²) in [6.07, 6.45) is 31.4. The summed E-state index contributed by atoms with van der Waals surface area (Å²) in [6.45, 7) is 9.19. The smallest absolute Gasteiger partial charge is 0.111 e. The maximum absolute atomic E-state index is 10.2. The minimum atomic E-state index is -0.925. The Bertz CT molecular complexity index is 543. The summed E-state index contributed by atoms with van der Waals surface area (Å²) < 4.78 is 5.55. The van der Waals surface area contributed by atoms with Crippen LogP contribution < -0.4 is 0 Å². The normalized spacial score (nSPS) is 16.1. The molecule has 0 spiro atoms. The molecule has 186 valence electrons. The molecule has 3 heteroatoms. The topological polar surface area (TPSA) is 29.5 Å². The second kappa shape index (κ2) is 19.7. The minimum Gasteiger partial charge on any atom is -0.379 e. The summed E-state index contributed by atoms with van der Waals surface area (Å²) in [7, 11) is 1.76. The maximum atomic E-state index is 10.2. The summed E-state index contributed by atoms with van der Waals surface area (Å²) in [5.41, 5.74) is 0.522. The molecule has 0 fully saturated rings. The number of ether oxygens (including phenoxy) is 1. The predicted molar refractivity (Wildman–Crippen MR) is 146 cm³/mol. The third-order valence-corrected chi connectivity index (χ3v) is 6.28. The van der Waals surface area contributed by atoms with Gasteiger partial charge >= 0.3 is 0 Å². The molecule has 0 aromatic heterocycles. The van der Waals surface area contributed by atoms with Crippen LogP contribution in [0.2, 0.25) is 0 Å². The van der Waals surface area contributed by atoms with Crippen molar-refractivity contribution in [3.8, 4) is 0 Å². The molecular weight excluding hydrogens is 412 g/mol. The first kappa shape index (κ1) is 31.2. The molecule has 0 saturated heterocycles. The quantitative estimate of drug-likeness (QED) is 0.0619. The lowest BCUT2D eigenvalue weighted by Crippen LogP contribution is -2.18. The number of unbranched alkanes of at least 4 members (excludes halogenated alkanes) is 4. The summed E-state index contributed by atoms with van der Waals surface area (Å²) in [5.74, 6) is 0. The van der Waals surface area contributed by atoms with Crippen LogP contribution in [0.1, 0.15) is 111 Å². The highest BCUT2D eigenvalue weighted by Crippen LogP contribution is 2.29. The molecule has 0 aliphatic carbocycles. The van der Waals surface area contributed by atoms with Gasteiger partial charge in [0.05, 0.1) is 6.10 Å². The van der Waals surface area contributed by atoms with Gasteiger partial charge in [0.25, 0.3) is 0 Å². The van der Waals surface area contributed by atoms with E-state index in [1.807, 2.05) is 18.2 Å². The van der Waals surface area contributed by atoms with Gasteiger partial charge in [0.2, 0.25) is 0 Å². The highest BCUT2D eigenvalue weighted by Gasteiger charge is 2.18. The first-order valence-electron chi connectivity index (χ1n) is 12.9. The second-order valence-corrected chi connectivity index (χ2v) is 10.6. The Balaban J connectivity index is 3.93. The Morgan fingerprint density at radius 3 is 2.28 bits per heavy atom. The van der Waals surface area contributed by atoms with Gasteiger partial charge in [0.15, 0.2) is 0 Å². The van der Waals surface area contributed by atoms with E-state index >= 15 is 0 Å². The lowest BCUT2D eigenvalue weighted by atomic mass is 9.83. The van der Waals surface area contributed by atoms with E-state index in [-0.39, 0.29) is 6.10 Å². The van der Waals surface area contributed by atoms with E-state index in [2.05, 4.69) is 70.7 Å². The van der Waals surface area contributed by atoms with E-state index in [0.29, 0.717) is 18.3 Å². The maximum Gasteiger partial charge on any atom is 0.111 e. The fraction of sp³-hybridized carbons (Fsp3) is 0.724. The van der Waals surface area contributed by atoms with Crippen molar-refractivity contribution in [2.45, 2.75) is 122 Å². The van der Waals surface area contributed by atoms with Gasteiger partial charge in [-0.15, -0.1) is 12.6 Å². The van der Waals surface area contributed by atoms with E-state index in [1.54, 1.807) is 7.11 Å². The van der Waals surface area contributed by atoms with E-state index in [4.69, 9.17) is 4.74 Å². The van der Waals surface area contributed by atoms with Gasteiger partial charge in [-0.25, -0.2) is 0 Å². The minimum absolute atomic E-state index is 0.109. The molecular formula is C29H52O2S. The average molecular weight is 465 g/mol. The number of methoxy groups -OCH3 is 1. The molecule has 0 saturated carbocycles. The van der Waals surface area contributed by atoms with Crippen molar-refractivity contribution in [1.82, 2.24) is 0 Å². The van der Waals surface area contributed by atoms with E-state index in [1.165, 1.54) is 51.4 Å². The number of hydrogen-bond donors (Lipinski definition) is 2. The number of rotatable bonds is 20. The van der Waals surface area contributed by atoms with Crippen LogP contribution in [0.25, 0.3) is 0 Å². The summed E-state index contributed by atoms with van der Waals surface area (Å²) >= 11 is 4.36.